The maximum Gasteiger partial charge on any atom is 0.401 e. The van der Waals surface area contributed by atoms with E-state index >= 15 is 0 Å². The lowest BCUT2D eigenvalue weighted by Gasteiger charge is -2.15. The number of carboxylic acid groups (broad SMARTS) is 2. The molecule has 2 aromatic carbocycles. The second kappa shape index (κ2) is 9.69. The summed E-state index contributed by atoms with van der Waals surface area (Å²) in [6.45, 7) is 0. The van der Waals surface area contributed by atoms with Crippen molar-refractivity contribution in [3.05, 3.63) is 65.7 Å². The molecule has 10 heteroatoms. The van der Waals surface area contributed by atoms with E-state index in [4.69, 9.17) is 25.1 Å². The third-order valence-corrected chi connectivity index (χ3v) is 3.67. The molecule has 0 fully saturated rings. The highest BCUT2D eigenvalue weighted by molar-refractivity contribution is 7.49. The maximum atomic E-state index is 10.8. The van der Waals surface area contributed by atoms with Crippen LogP contribution in [0.4, 0.5) is 0 Å². The Labute approximate surface area is 148 Å². The molecular formula is C16H18NO8P. The second-order valence-electron chi connectivity index (χ2n) is 5.11. The smallest absolute Gasteiger partial charge is 0.401 e. The lowest BCUT2D eigenvalue weighted by atomic mass is 10.1. The summed E-state index contributed by atoms with van der Waals surface area (Å²) in [5, 5.41) is 27.9. The highest BCUT2D eigenvalue weighted by Crippen LogP contribution is 2.29. The number of nitrogens with one attached hydrogen (secondary N) is 1. The zero-order valence-corrected chi connectivity index (χ0v) is 14.3. The molecule has 0 spiro atoms. The first-order valence-electron chi connectivity index (χ1n) is 7.21. The van der Waals surface area contributed by atoms with Gasteiger partial charge in [0.1, 0.15) is 11.8 Å². The van der Waals surface area contributed by atoms with E-state index in [2.05, 4.69) is 0 Å². The number of aromatic carboxylic acids is 1. The van der Waals surface area contributed by atoms with Crippen LogP contribution in [0.5, 0.6) is 5.75 Å². The van der Waals surface area contributed by atoms with Crippen molar-refractivity contribution in [2.45, 2.75) is 12.5 Å². The number of hydrogen-bond donors (Lipinski definition) is 6. The van der Waals surface area contributed by atoms with Gasteiger partial charge in [0.05, 0.1) is 5.56 Å². The highest BCUT2D eigenvalue weighted by atomic mass is 31.2. The van der Waals surface area contributed by atoms with Crippen LogP contribution in [0.2, 0.25) is 0 Å². The number of hydrogen-bond acceptors (Lipinski definition) is 4. The van der Waals surface area contributed by atoms with E-state index < -0.39 is 25.7 Å². The summed E-state index contributed by atoms with van der Waals surface area (Å²) in [7, 11) is -4.60. The zero-order chi connectivity index (χ0) is 19.7. The van der Waals surface area contributed by atoms with E-state index in [-0.39, 0.29) is 12.2 Å². The zero-order valence-electron chi connectivity index (χ0n) is 13.4. The molecule has 0 unspecified atom stereocenters. The summed E-state index contributed by atoms with van der Waals surface area (Å²) in [5.74, 6) is -2.21. The quantitative estimate of drug-likeness (QED) is 0.405. The van der Waals surface area contributed by atoms with Crippen molar-refractivity contribution >= 4 is 19.7 Å². The lowest BCUT2D eigenvalue weighted by Crippen LogP contribution is -2.36. The fourth-order valence-corrected chi connectivity index (χ4v) is 2.45. The summed E-state index contributed by atoms with van der Waals surface area (Å²) in [6.07, 6.45) is -0.0965. The molecule has 2 aromatic rings. The average Bonchev–Trinajstić information content (AvgIpc) is 2.56. The molecule has 26 heavy (non-hydrogen) atoms. The van der Waals surface area contributed by atoms with Gasteiger partial charge in [-0.2, -0.15) is 0 Å². The molecule has 9 nitrogen and oxygen atoms in total. The molecule has 0 bridgehead atoms. The topological polar surface area (TPSA) is 164 Å². The van der Waals surface area contributed by atoms with Gasteiger partial charge in [0.2, 0.25) is 0 Å². The fourth-order valence-electron chi connectivity index (χ4n) is 1.84. The third-order valence-electron chi connectivity index (χ3n) is 3.02. The van der Waals surface area contributed by atoms with E-state index in [0.29, 0.717) is 11.1 Å². The summed E-state index contributed by atoms with van der Waals surface area (Å²) < 4.78 is 10.7. The standard InChI is InChI=1S/C9H12NO6P.C7H6O2/c11-7-3-1-6(2-4-7)5-8(9(12)13)10-17(14,15)16;8-7(9)6-4-2-1-3-5-6/h1-4,8,11H,5H2,(H,12,13)(H3,10,14,15,16);1-5H,(H,8,9)/t8-;/m0./s1. The number of phenols is 1. The van der Waals surface area contributed by atoms with Gasteiger partial charge < -0.3 is 25.1 Å². The molecule has 0 radical (unpaired) electrons. The van der Waals surface area contributed by atoms with Crippen molar-refractivity contribution in [3.8, 4) is 5.75 Å². The van der Waals surface area contributed by atoms with Gasteiger partial charge in [-0.25, -0.2) is 14.4 Å². The van der Waals surface area contributed by atoms with Crippen molar-refractivity contribution in [2.24, 2.45) is 0 Å². The monoisotopic (exact) mass is 383 g/mol. The SMILES string of the molecule is O=C(O)[C@H](Cc1ccc(O)cc1)NP(=O)(O)O.O=C(O)c1ccccc1. The van der Waals surface area contributed by atoms with Crippen LogP contribution in [0.3, 0.4) is 0 Å². The number of phenolic OH excluding ortho intramolecular Hbond substituents is 1. The molecule has 0 aromatic heterocycles. The first-order valence-corrected chi connectivity index (χ1v) is 8.82. The molecule has 2 rings (SSSR count). The Bertz CT molecular complexity index is 773. The maximum absolute atomic E-state index is 10.8. The minimum Gasteiger partial charge on any atom is -0.508 e. The first kappa shape index (κ1) is 21.3. The van der Waals surface area contributed by atoms with Gasteiger partial charge >= 0.3 is 19.7 Å². The summed E-state index contributed by atoms with van der Waals surface area (Å²) in [6, 6.07) is 12.6. The normalized spacial score (nSPS) is 11.8. The highest BCUT2D eigenvalue weighted by Gasteiger charge is 2.25. The van der Waals surface area contributed by atoms with Crippen molar-refractivity contribution in [1.82, 2.24) is 5.09 Å². The summed E-state index contributed by atoms with van der Waals surface area (Å²) in [5.41, 5.74) is 0.869. The third kappa shape index (κ3) is 8.41. The van der Waals surface area contributed by atoms with E-state index in [1.54, 1.807) is 35.4 Å². The molecule has 0 aliphatic rings. The van der Waals surface area contributed by atoms with E-state index in [0.717, 1.165) is 0 Å². The molecule has 140 valence electrons. The Morgan fingerprint density at radius 1 is 0.962 bits per heavy atom. The van der Waals surface area contributed by atoms with Crippen LogP contribution in [0.25, 0.3) is 0 Å². The van der Waals surface area contributed by atoms with Crippen molar-refractivity contribution in [1.29, 1.82) is 0 Å². The minimum absolute atomic E-state index is 0.0311. The Hall–Kier alpha value is -2.71. The van der Waals surface area contributed by atoms with E-state index in [9.17, 15) is 14.2 Å². The number of aromatic hydroxyl groups is 1. The Morgan fingerprint density at radius 2 is 1.50 bits per heavy atom. The van der Waals surface area contributed by atoms with Gasteiger partial charge in [0.25, 0.3) is 0 Å². The number of rotatable bonds is 6. The molecule has 0 aliphatic carbocycles. The van der Waals surface area contributed by atoms with Crippen molar-refractivity contribution in [2.75, 3.05) is 0 Å². The molecule has 1 atom stereocenters. The van der Waals surface area contributed by atoms with Gasteiger partial charge in [0, 0.05) is 0 Å². The van der Waals surface area contributed by atoms with Gasteiger partial charge in [-0.15, -0.1) is 0 Å². The molecule has 0 amide bonds. The van der Waals surface area contributed by atoms with Crippen LogP contribution in [-0.2, 0) is 15.8 Å². The minimum atomic E-state index is -4.60. The van der Waals surface area contributed by atoms with Gasteiger partial charge in [0.15, 0.2) is 0 Å². The lowest BCUT2D eigenvalue weighted by molar-refractivity contribution is -0.139. The fraction of sp³-hybridized carbons (Fsp3) is 0.125. The molecule has 0 aliphatic heterocycles. The second-order valence-corrected chi connectivity index (χ2v) is 6.45. The summed E-state index contributed by atoms with van der Waals surface area (Å²) >= 11 is 0. The Kier molecular flexibility index (Phi) is 7.95. The van der Waals surface area contributed by atoms with E-state index in [1.807, 2.05) is 0 Å². The van der Waals surface area contributed by atoms with Crippen LogP contribution in [0.1, 0.15) is 15.9 Å². The number of carboxylic acids is 2. The molecular weight excluding hydrogens is 365 g/mol. The predicted molar refractivity (Wildman–Crippen MR) is 91.8 cm³/mol. The molecule has 6 N–H and O–H groups in total. The average molecular weight is 383 g/mol. The number of benzene rings is 2. The first-order chi connectivity index (χ1) is 12.1. The van der Waals surface area contributed by atoms with Crippen molar-refractivity contribution in [3.63, 3.8) is 0 Å². The van der Waals surface area contributed by atoms with Crippen LogP contribution < -0.4 is 5.09 Å². The molecule has 0 heterocycles. The molecule has 0 saturated carbocycles. The predicted octanol–water partition coefficient (Wildman–Crippen LogP) is 1.45. The van der Waals surface area contributed by atoms with Crippen molar-refractivity contribution < 1.29 is 39.3 Å². The Morgan fingerprint density at radius 3 is 1.88 bits per heavy atom. The molecule has 0 saturated heterocycles. The van der Waals surface area contributed by atoms with Gasteiger partial charge in [-0.1, -0.05) is 30.3 Å². The van der Waals surface area contributed by atoms with Gasteiger partial charge in [-0.3, -0.25) is 4.79 Å². The van der Waals surface area contributed by atoms with Crippen LogP contribution in [0, 0.1) is 0 Å². The number of aliphatic carboxylic acids is 1. The summed E-state index contributed by atoms with van der Waals surface area (Å²) in [4.78, 5) is 38.3. The largest absolute Gasteiger partial charge is 0.508 e. The Balaban J connectivity index is 0.000000314. The van der Waals surface area contributed by atoms with Crippen LogP contribution >= 0.6 is 7.75 Å². The van der Waals surface area contributed by atoms with Gasteiger partial charge in [-0.05, 0) is 36.2 Å². The van der Waals surface area contributed by atoms with E-state index in [1.165, 1.54) is 24.3 Å². The number of carbonyl (C=O) groups is 2. The van der Waals surface area contributed by atoms with Crippen LogP contribution in [-0.4, -0.2) is 43.1 Å². The van der Waals surface area contributed by atoms with Crippen LogP contribution in [0.15, 0.2) is 54.6 Å².